The average molecular weight is 289 g/mol. The third-order valence-electron chi connectivity index (χ3n) is 3.08. The Kier molecular flexibility index (Phi) is 4.00. The van der Waals surface area contributed by atoms with Gasteiger partial charge in [0.15, 0.2) is 0 Å². The van der Waals surface area contributed by atoms with Gasteiger partial charge in [0.05, 0.1) is 21.8 Å². The fraction of sp³-hybridized carbons (Fsp3) is 0.417. The molecule has 1 aromatic carbocycles. The van der Waals surface area contributed by atoms with Gasteiger partial charge in [-0.3, -0.25) is 4.79 Å². The second-order valence-corrected chi connectivity index (χ2v) is 5.15. The smallest absolute Gasteiger partial charge is 0.251 e. The summed E-state index contributed by atoms with van der Waals surface area (Å²) in [5.41, 5.74) is 6.39. The van der Waals surface area contributed by atoms with E-state index in [2.05, 4.69) is 5.32 Å². The molecule has 0 atom stereocenters. The summed E-state index contributed by atoms with van der Waals surface area (Å²) in [6.45, 7) is 0. The average Bonchev–Trinajstić information content (AvgIpc) is 2.29. The van der Waals surface area contributed by atoms with Crippen molar-refractivity contribution in [3.63, 3.8) is 0 Å². The van der Waals surface area contributed by atoms with E-state index < -0.39 is 0 Å². The first-order valence-corrected chi connectivity index (χ1v) is 6.35. The Bertz CT molecular complexity index is 450. The van der Waals surface area contributed by atoms with Gasteiger partial charge in [-0.05, 0) is 25.0 Å². The molecule has 1 aliphatic carbocycles. The number of carbonyl (C=O) groups excluding carboxylic acids is 1. The standard InChI is InChI=1S/C12H14Cl2N2O2/c1-18-8-4-7(5-8)16-12(17)6-2-9(13)11(14)10(15)3-6/h2-3,7-8H,4-5,15H2,1H3,(H,16,17). The largest absolute Gasteiger partial charge is 0.397 e. The molecule has 0 aliphatic heterocycles. The number of ether oxygens (including phenoxy) is 1. The summed E-state index contributed by atoms with van der Waals surface area (Å²) >= 11 is 11.7. The number of hydrogen-bond donors (Lipinski definition) is 2. The van der Waals surface area contributed by atoms with Crippen LogP contribution in [0.3, 0.4) is 0 Å². The van der Waals surface area contributed by atoms with Crippen molar-refractivity contribution in [1.29, 1.82) is 0 Å². The van der Waals surface area contributed by atoms with Crippen molar-refractivity contribution in [2.24, 2.45) is 0 Å². The highest BCUT2D eigenvalue weighted by molar-refractivity contribution is 6.43. The van der Waals surface area contributed by atoms with E-state index in [-0.39, 0.29) is 28.1 Å². The molecule has 4 nitrogen and oxygen atoms in total. The number of hydrogen-bond acceptors (Lipinski definition) is 3. The SMILES string of the molecule is COC1CC(NC(=O)c2cc(N)c(Cl)c(Cl)c2)C1. The molecule has 18 heavy (non-hydrogen) atoms. The molecule has 0 heterocycles. The van der Waals surface area contributed by atoms with Crippen LogP contribution in [0.5, 0.6) is 0 Å². The topological polar surface area (TPSA) is 64.3 Å². The zero-order valence-electron chi connectivity index (χ0n) is 9.87. The molecule has 0 bridgehead atoms. The van der Waals surface area contributed by atoms with Crippen LogP contribution >= 0.6 is 23.2 Å². The number of methoxy groups -OCH3 is 1. The van der Waals surface area contributed by atoms with E-state index in [1.54, 1.807) is 7.11 Å². The van der Waals surface area contributed by atoms with Crippen molar-refractivity contribution < 1.29 is 9.53 Å². The first kappa shape index (κ1) is 13.5. The monoisotopic (exact) mass is 288 g/mol. The molecule has 1 fully saturated rings. The van der Waals surface area contributed by atoms with Crippen LogP contribution in [0.15, 0.2) is 12.1 Å². The molecule has 1 saturated carbocycles. The van der Waals surface area contributed by atoms with E-state index in [9.17, 15) is 4.79 Å². The van der Waals surface area contributed by atoms with E-state index >= 15 is 0 Å². The minimum absolute atomic E-state index is 0.151. The molecule has 2 rings (SSSR count). The molecule has 0 unspecified atom stereocenters. The summed E-state index contributed by atoms with van der Waals surface area (Å²) in [6.07, 6.45) is 1.91. The highest BCUT2D eigenvalue weighted by Gasteiger charge is 2.30. The fourth-order valence-electron chi connectivity index (χ4n) is 1.89. The van der Waals surface area contributed by atoms with Crippen molar-refractivity contribution in [2.45, 2.75) is 25.0 Å². The lowest BCUT2D eigenvalue weighted by molar-refractivity contribution is 0.0176. The molecule has 1 aromatic rings. The van der Waals surface area contributed by atoms with Crippen molar-refractivity contribution in [3.8, 4) is 0 Å². The molecule has 1 amide bonds. The fourth-order valence-corrected chi connectivity index (χ4v) is 2.22. The van der Waals surface area contributed by atoms with E-state index in [0.717, 1.165) is 12.8 Å². The van der Waals surface area contributed by atoms with Crippen molar-refractivity contribution in [1.82, 2.24) is 5.32 Å². The van der Waals surface area contributed by atoms with E-state index in [4.69, 9.17) is 33.7 Å². The van der Waals surface area contributed by atoms with Crippen LogP contribution in [0, 0.1) is 0 Å². The van der Waals surface area contributed by atoms with Crippen molar-refractivity contribution in [3.05, 3.63) is 27.7 Å². The maximum atomic E-state index is 11.9. The normalized spacial score (nSPS) is 22.4. The molecule has 0 spiro atoms. The number of amides is 1. The number of nitrogens with two attached hydrogens (primary N) is 1. The Morgan fingerprint density at radius 2 is 2.11 bits per heavy atom. The summed E-state index contributed by atoms with van der Waals surface area (Å²) in [6, 6.07) is 3.19. The van der Waals surface area contributed by atoms with Gasteiger partial charge in [0.1, 0.15) is 0 Å². The van der Waals surface area contributed by atoms with E-state index in [1.807, 2.05) is 0 Å². The first-order valence-electron chi connectivity index (χ1n) is 5.59. The van der Waals surface area contributed by atoms with Gasteiger partial charge >= 0.3 is 0 Å². The molecule has 0 saturated heterocycles. The van der Waals surface area contributed by atoms with Crippen LogP contribution < -0.4 is 11.1 Å². The summed E-state index contributed by atoms with van der Waals surface area (Å²) in [5, 5.41) is 3.45. The van der Waals surface area contributed by atoms with Gasteiger partial charge in [-0.2, -0.15) is 0 Å². The Morgan fingerprint density at radius 3 is 2.67 bits per heavy atom. The number of benzene rings is 1. The Hall–Kier alpha value is -0.970. The third kappa shape index (κ3) is 2.71. The summed E-state index contributed by atoms with van der Waals surface area (Å²) < 4.78 is 5.15. The maximum absolute atomic E-state index is 11.9. The van der Waals surface area contributed by atoms with Crippen LogP contribution in [0.2, 0.25) is 10.0 Å². The number of nitrogens with one attached hydrogen (secondary N) is 1. The van der Waals surface area contributed by atoms with Gasteiger partial charge in [0.25, 0.3) is 5.91 Å². The number of rotatable bonds is 3. The van der Waals surface area contributed by atoms with Gasteiger partial charge in [0.2, 0.25) is 0 Å². The molecule has 0 radical (unpaired) electrons. The third-order valence-corrected chi connectivity index (χ3v) is 3.90. The highest BCUT2D eigenvalue weighted by atomic mass is 35.5. The lowest BCUT2D eigenvalue weighted by atomic mass is 9.89. The number of anilines is 1. The Labute approximate surface area is 115 Å². The Morgan fingerprint density at radius 1 is 1.44 bits per heavy atom. The zero-order valence-corrected chi connectivity index (χ0v) is 11.4. The van der Waals surface area contributed by atoms with E-state index in [0.29, 0.717) is 11.3 Å². The minimum atomic E-state index is -0.195. The number of nitrogen functional groups attached to an aromatic ring is 1. The number of carbonyl (C=O) groups is 1. The van der Waals surface area contributed by atoms with Crippen LogP contribution in [-0.2, 0) is 4.74 Å². The number of halogens is 2. The van der Waals surface area contributed by atoms with Crippen molar-refractivity contribution >= 4 is 34.8 Å². The van der Waals surface area contributed by atoms with Gasteiger partial charge in [-0.15, -0.1) is 0 Å². The predicted octanol–water partition coefficient (Wildman–Crippen LogP) is 2.48. The van der Waals surface area contributed by atoms with Gasteiger partial charge in [-0.1, -0.05) is 23.2 Å². The van der Waals surface area contributed by atoms with Crippen LogP contribution in [0.4, 0.5) is 5.69 Å². The lowest BCUT2D eigenvalue weighted by Gasteiger charge is -2.34. The van der Waals surface area contributed by atoms with Crippen LogP contribution in [0.25, 0.3) is 0 Å². The molecule has 3 N–H and O–H groups in total. The quantitative estimate of drug-likeness (QED) is 0.840. The van der Waals surface area contributed by atoms with Gasteiger partial charge in [-0.25, -0.2) is 0 Å². The summed E-state index contributed by atoms with van der Waals surface area (Å²) in [7, 11) is 1.67. The summed E-state index contributed by atoms with van der Waals surface area (Å²) in [4.78, 5) is 11.9. The maximum Gasteiger partial charge on any atom is 0.251 e. The second kappa shape index (κ2) is 5.34. The van der Waals surface area contributed by atoms with Gasteiger partial charge < -0.3 is 15.8 Å². The molecular formula is C12H14Cl2N2O2. The highest BCUT2D eigenvalue weighted by Crippen LogP contribution is 2.30. The first-order chi connectivity index (χ1) is 8.51. The van der Waals surface area contributed by atoms with Gasteiger partial charge in [0, 0.05) is 18.7 Å². The molecular weight excluding hydrogens is 275 g/mol. The second-order valence-electron chi connectivity index (χ2n) is 4.36. The molecule has 6 heteroatoms. The predicted molar refractivity (Wildman–Crippen MR) is 72.2 cm³/mol. The lowest BCUT2D eigenvalue weighted by Crippen LogP contribution is -2.47. The van der Waals surface area contributed by atoms with Crippen LogP contribution in [0.1, 0.15) is 23.2 Å². The molecule has 1 aliphatic rings. The minimum Gasteiger partial charge on any atom is -0.397 e. The van der Waals surface area contributed by atoms with Crippen molar-refractivity contribution in [2.75, 3.05) is 12.8 Å². The zero-order chi connectivity index (χ0) is 13.3. The summed E-state index contributed by atoms with van der Waals surface area (Å²) in [5.74, 6) is -0.195. The van der Waals surface area contributed by atoms with Crippen LogP contribution in [-0.4, -0.2) is 25.2 Å². The molecule has 98 valence electrons. The Balaban J connectivity index is 2.02. The molecule has 0 aromatic heterocycles. The van der Waals surface area contributed by atoms with E-state index in [1.165, 1.54) is 12.1 Å².